The first-order valence-corrected chi connectivity index (χ1v) is 6.23. The molecule has 1 atom stereocenters. The molecule has 0 aliphatic heterocycles. The van der Waals surface area contributed by atoms with E-state index in [0.29, 0.717) is 6.42 Å². The Kier molecular flexibility index (Phi) is 4.35. The summed E-state index contributed by atoms with van der Waals surface area (Å²) in [5, 5.41) is 0. The summed E-state index contributed by atoms with van der Waals surface area (Å²) < 4.78 is 26.9. The first-order chi connectivity index (χ1) is 5.69. The molecule has 80 valence electrons. The Bertz CT molecular complexity index is 246. The second-order valence-electron chi connectivity index (χ2n) is 3.83. The van der Waals surface area contributed by atoms with Crippen molar-refractivity contribution in [2.24, 2.45) is 5.73 Å². The SMILES string of the molecule is COC(C)(C)C(N)CCS(C)(=O)=O. The number of hydrogen-bond donors (Lipinski definition) is 1. The molecule has 0 aromatic rings. The number of ether oxygens (including phenoxy) is 1. The number of sulfone groups is 1. The third-order valence-corrected chi connectivity index (χ3v) is 3.20. The maximum Gasteiger partial charge on any atom is 0.147 e. The maximum atomic E-state index is 10.9. The van der Waals surface area contributed by atoms with Crippen LogP contribution in [0.4, 0.5) is 0 Å². The molecule has 2 N–H and O–H groups in total. The maximum absolute atomic E-state index is 10.9. The first-order valence-electron chi connectivity index (χ1n) is 4.17. The van der Waals surface area contributed by atoms with Gasteiger partial charge in [0, 0.05) is 19.4 Å². The van der Waals surface area contributed by atoms with Gasteiger partial charge >= 0.3 is 0 Å². The second kappa shape index (κ2) is 4.39. The molecule has 0 aromatic heterocycles. The Morgan fingerprint density at radius 1 is 1.46 bits per heavy atom. The summed E-state index contributed by atoms with van der Waals surface area (Å²) >= 11 is 0. The molecule has 4 nitrogen and oxygen atoms in total. The predicted octanol–water partition coefficient (Wildman–Crippen LogP) is 0.173. The van der Waals surface area contributed by atoms with Gasteiger partial charge in [-0.2, -0.15) is 0 Å². The number of methoxy groups -OCH3 is 1. The van der Waals surface area contributed by atoms with E-state index in [9.17, 15) is 8.42 Å². The molecule has 0 aliphatic carbocycles. The Labute approximate surface area is 80.4 Å². The van der Waals surface area contributed by atoms with Crippen molar-refractivity contribution in [2.75, 3.05) is 19.1 Å². The summed E-state index contributed by atoms with van der Waals surface area (Å²) in [5.41, 5.74) is 5.31. The molecule has 1 unspecified atom stereocenters. The molecule has 0 saturated carbocycles. The van der Waals surface area contributed by atoms with E-state index in [1.54, 1.807) is 7.11 Å². The number of hydrogen-bond acceptors (Lipinski definition) is 4. The highest BCUT2D eigenvalue weighted by atomic mass is 32.2. The van der Waals surface area contributed by atoms with Crippen molar-refractivity contribution in [3.05, 3.63) is 0 Å². The van der Waals surface area contributed by atoms with Crippen LogP contribution in [0.5, 0.6) is 0 Å². The molecule has 0 aromatic carbocycles. The van der Waals surface area contributed by atoms with Crippen LogP contribution in [-0.2, 0) is 14.6 Å². The van der Waals surface area contributed by atoms with Crippen LogP contribution in [0.1, 0.15) is 20.3 Å². The van der Waals surface area contributed by atoms with Crippen molar-refractivity contribution in [2.45, 2.75) is 31.9 Å². The van der Waals surface area contributed by atoms with Crippen LogP contribution in [0.2, 0.25) is 0 Å². The predicted molar refractivity (Wildman–Crippen MR) is 53.4 cm³/mol. The van der Waals surface area contributed by atoms with Gasteiger partial charge in [0.25, 0.3) is 0 Å². The van der Waals surface area contributed by atoms with Gasteiger partial charge in [-0.1, -0.05) is 0 Å². The summed E-state index contributed by atoms with van der Waals surface area (Å²) in [6.45, 7) is 3.69. The number of rotatable bonds is 5. The average molecular weight is 209 g/mol. The van der Waals surface area contributed by atoms with Crippen LogP contribution in [0.3, 0.4) is 0 Å². The standard InChI is InChI=1S/C8H19NO3S/c1-8(2,12-3)7(9)5-6-13(4,10)11/h7H,5-6,9H2,1-4H3. The fourth-order valence-corrected chi connectivity index (χ4v) is 1.52. The van der Waals surface area contributed by atoms with Crippen molar-refractivity contribution in [3.63, 3.8) is 0 Å². The van der Waals surface area contributed by atoms with Crippen LogP contribution < -0.4 is 5.73 Å². The zero-order chi connectivity index (χ0) is 10.7. The lowest BCUT2D eigenvalue weighted by molar-refractivity contribution is 0.0000235. The monoisotopic (exact) mass is 209 g/mol. The molecule has 0 spiro atoms. The molecule has 5 heteroatoms. The minimum absolute atomic E-state index is 0.112. The summed E-state index contributed by atoms with van der Waals surface area (Å²) in [5.74, 6) is 0.112. The molecule has 0 amide bonds. The smallest absolute Gasteiger partial charge is 0.147 e. The fourth-order valence-electron chi connectivity index (χ4n) is 0.840. The molecule has 13 heavy (non-hydrogen) atoms. The third-order valence-electron chi connectivity index (χ3n) is 2.22. The van der Waals surface area contributed by atoms with Crippen molar-refractivity contribution >= 4 is 9.84 Å². The van der Waals surface area contributed by atoms with Gasteiger partial charge in [-0.05, 0) is 20.3 Å². The molecule has 0 aliphatic rings. The lowest BCUT2D eigenvalue weighted by Crippen LogP contribution is -2.45. The lowest BCUT2D eigenvalue weighted by atomic mass is 9.97. The minimum Gasteiger partial charge on any atom is -0.377 e. The van der Waals surface area contributed by atoms with Gasteiger partial charge in [-0.15, -0.1) is 0 Å². The van der Waals surface area contributed by atoms with Gasteiger partial charge in [0.1, 0.15) is 9.84 Å². The van der Waals surface area contributed by atoms with Crippen molar-refractivity contribution < 1.29 is 13.2 Å². The molecule has 0 fully saturated rings. The molecule has 0 heterocycles. The van der Waals surface area contributed by atoms with Crippen molar-refractivity contribution in [1.82, 2.24) is 0 Å². The first kappa shape index (κ1) is 12.9. The molecular formula is C8H19NO3S. The number of nitrogens with two attached hydrogens (primary N) is 1. The minimum atomic E-state index is -2.92. The highest BCUT2D eigenvalue weighted by Crippen LogP contribution is 2.14. The van der Waals surface area contributed by atoms with E-state index in [1.807, 2.05) is 13.8 Å². The fraction of sp³-hybridized carbons (Fsp3) is 1.00. The van der Waals surface area contributed by atoms with E-state index in [0.717, 1.165) is 0 Å². The van der Waals surface area contributed by atoms with Gasteiger partial charge in [0.15, 0.2) is 0 Å². The highest BCUT2D eigenvalue weighted by Gasteiger charge is 2.26. The Morgan fingerprint density at radius 3 is 2.23 bits per heavy atom. The van der Waals surface area contributed by atoms with E-state index in [-0.39, 0.29) is 11.8 Å². The van der Waals surface area contributed by atoms with E-state index < -0.39 is 15.4 Å². The molecule has 0 saturated heterocycles. The third kappa shape index (κ3) is 5.23. The van der Waals surface area contributed by atoms with Crippen LogP contribution in [-0.4, -0.2) is 39.2 Å². The summed E-state index contributed by atoms with van der Waals surface area (Å²) in [7, 11) is -1.35. The van der Waals surface area contributed by atoms with Gasteiger partial charge < -0.3 is 10.5 Å². The largest absolute Gasteiger partial charge is 0.377 e. The van der Waals surface area contributed by atoms with Crippen LogP contribution in [0.25, 0.3) is 0 Å². The zero-order valence-electron chi connectivity index (χ0n) is 8.70. The van der Waals surface area contributed by atoms with Gasteiger partial charge in [-0.25, -0.2) is 8.42 Å². The summed E-state index contributed by atoms with van der Waals surface area (Å²) in [6.07, 6.45) is 1.64. The second-order valence-corrected chi connectivity index (χ2v) is 6.09. The van der Waals surface area contributed by atoms with Crippen LogP contribution in [0.15, 0.2) is 0 Å². The highest BCUT2D eigenvalue weighted by molar-refractivity contribution is 7.90. The molecular weight excluding hydrogens is 190 g/mol. The van der Waals surface area contributed by atoms with E-state index in [2.05, 4.69) is 0 Å². The van der Waals surface area contributed by atoms with Crippen LogP contribution >= 0.6 is 0 Å². The topological polar surface area (TPSA) is 69.4 Å². The summed E-state index contributed by atoms with van der Waals surface area (Å²) in [4.78, 5) is 0. The van der Waals surface area contributed by atoms with Crippen molar-refractivity contribution in [3.8, 4) is 0 Å². The summed E-state index contributed by atoms with van der Waals surface area (Å²) in [6, 6.07) is -0.257. The zero-order valence-corrected chi connectivity index (χ0v) is 9.52. The van der Waals surface area contributed by atoms with E-state index >= 15 is 0 Å². The quantitative estimate of drug-likeness (QED) is 0.701. The van der Waals surface area contributed by atoms with Gasteiger partial charge in [0.2, 0.25) is 0 Å². The molecule has 0 radical (unpaired) electrons. The van der Waals surface area contributed by atoms with Gasteiger partial charge in [0.05, 0.1) is 11.4 Å². The molecule has 0 bridgehead atoms. The Balaban J connectivity index is 4.10. The Hall–Kier alpha value is -0.130. The van der Waals surface area contributed by atoms with Gasteiger partial charge in [-0.3, -0.25) is 0 Å². The Morgan fingerprint density at radius 2 is 1.92 bits per heavy atom. The normalized spacial score (nSPS) is 15.8. The van der Waals surface area contributed by atoms with Crippen LogP contribution in [0, 0.1) is 0 Å². The molecule has 0 rings (SSSR count). The van der Waals surface area contributed by atoms with E-state index in [1.165, 1.54) is 6.26 Å². The van der Waals surface area contributed by atoms with E-state index in [4.69, 9.17) is 10.5 Å². The van der Waals surface area contributed by atoms with Crippen molar-refractivity contribution in [1.29, 1.82) is 0 Å². The lowest BCUT2D eigenvalue weighted by Gasteiger charge is -2.29. The average Bonchev–Trinajstić information content (AvgIpc) is 1.98.